The lowest BCUT2D eigenvalue weighted by molar-refractivity contribution is -0.114. The van der Waals surface area contributed by atoms with Crippen LogP contribution in [0.3, 0.4) is 0 Å². The third-order valence-corrected chi connectivity index (χ3v) is 3.59. The lowest BCUT2D eigenvalue weighted by Crippen LogP contribution is -2.28. The molecule has 0 N–H and O–H groups in total. The van der Waals surface area contributed by atoms with Gasteiger partial charge in [-0.05, 0) is 40.6 Å². The van der Waals surface area contributed by atoms with Crippen molar-refractivity contribution in [2.45, 2.75) is 6.54 Å². The van der Waals surface area contributed by atoms with E-state index in [-0.39, 0.29) is 5.56 Å². The van der Waals surface area contributed by atoms with E-state index < -0.39 is 17.5 Å². The molecular weight excluding hydrogens is 253 g/mol. The number of amides is 1. The van der Waals surface area contributed by atoms with Gasteiger partial charge in [-0.3, -0.25) is 9.59 Å². The number of hydrogen-bond donors (Lipinski definition) is 0. The van der Waals surface area contributed by atoms with Crippen LogP contribution in [0.15, 0.2) is 35.0 Å². The standard InChI is InChI=1S/C13H8FNO2S/c14-9-1-2-11-10(5-9)12(16)13(17)15(11)6-8-3-4-18-7-8/h1-5,7H,6H2. The van der Waals surface area contributed by atoms with E-state index in [2.05, 4.69) is 0 Å². The molecule has 0 spiro atoms. The molecule has 2 aromatic rings. The second kappa shape index (κ2) is 4.03. The molecule has 0 saturated carbocycles. The number of thiophene rings is 1. The minimum atomic E-state index is -0.639. The van der Waals surface area contributed by atoms with Gasteiger partial charge in [-0.1, -0.05) is 0 Å². The summed E-state index contributed by atoms with van der Waals surface area (Å²) in [4.78, 5) is 25.0. The summed E-state index contributed by atoms with van der Waals surface area (Å²) in [6, 6.07) is 5.73. The maximum atomic E-state index is 13.1. The van der Waals surface area contributed by atoms with E-state index in [0.29, 0.717) is 12.2 Å². The van der Waals surface area contributed by atoms with Crippen molar-refractivity contribution in [1.29, 1.82) is 0 Å². The summed E-state index contributed by atoms with van der Waals surface area (Å²) in [5.41, 5.74) is 1.59. The number of Topliss-reactive ketones (excluding diaryl/α,β-unsaturated/α-hetero) is 1. The first-order valence-corrected chi connectivity index (χ1v) is 6.28. The van der Waals surface area contributed by atoms with E-state index in [9.17, 15) is 14.0 Å². The molecule has 0 unspecified atom stereocenters. The molecule has 90 valence electrons. The van der Waals surface area contributed by atoms with Gasteiger partial charge in [0.2, 0.25) is 0 Å². The Balaban J connectivity index is 2.02. The monoisotopic (exact) mass is 261 g/mol. The van der Waals surface area contributed by atoms with Gasteiger partial charge in [-0.2, -0.15) is 11.3 Å². The molecule has 0 aliphatic carbocycles. The first-order chi connectivity index (χ1) is 8.66. The number of benzene rings is 1. The molecular formula is C13H8FNO2S. The maximum Gasteiger partial charge on any atom is 0.299 e. The van der Waals surface area contributed by atoms with E-state index in [0.717, 1.165) is 11.6 Å². The Hall–Kier alpha value is -2.01. The van der Waals surface area contributed by atoms with E-state index in [4.69, 9.17) is 0 Å². The molecule has 0 atom stereocenters. The molecule has 3 rings (SSSR count). The fourth-order valence-electron chi connectivity index (χ4n) is 1.99. The Morgan fingerprint density at radius 1 is 1.22 bits per heavy atom. The average molecular weight is 261 g/mol. The zero-order valence-corrected chi connectivity index (χ0v) is 10.0. The fourth-order valence-corrected chi connectivity index (χ4v) is 2.65. The first-order valence-electron chi connectivity index (χ1n) is 5.33. The molecule has 0 radical (unpaired) electrons. The maximum absolute atomic E-state index is 13.1. The second-order valence-corrected chi connectivity index (χ2v) is 4.79. The highest BCUT2D eigenvalue weighted by atomic mass is 32.1. The van der Waals surface area contributed by atoms with Crippen LogP contribution in [-0.2, 0) is 11.3 Å². The van der Waals surface area contributed by atoms with Crippen molar-refractivity contribution in [1.82, 2.24) is 0 Å². The quantitative estimate of drug-likeness (QED) is 0.779. The zero-order chi connectivity index (χ0) is 12.7. The Morgan fingerprint density at radius 2 is 2.06 bits per heavy atom. The summed E-state index contributed by atoms with van der Waals surface area (Å²) in [6.07, 6.45) is 0. The fraction of sp³-hybridized carbons (Fsp3) is 0.0769. The number of anilines is 1. The molecule has 0 fully saturated rings. The van der Waals surface area contributed by atoms with Crippen molar-refractivity contribution < 1.29 is 14.0 Å². The average Bonchev–Trinajstić information content (AvgIpc) is 2.94. The highest BCUT2D eigenvalue weighted by Crippen LogP contribution is 2.31. The molecule has 18 heavy (non-hydrogen) atoms. The summed E-state index contributed by atoms with van der Waals surface area (Å²) in [6.45, 7) is 0.340. The second-order valence-electron chi connectivity index (χ2n) is 4.01. The van der Waals surface area contributed by atoms with Crippen molar-refractivity contribution >= 4 is 28.7 Å². The van der Waals surface area contributed by atoms with Gasteiger partial charge in [0.05, 0.1) is 17.8 Å². The minimum absolute atomic E-state index is 0.148. The normalized spacial score (nSPS) is 14.2. The highest BCUT2D eigenvalue weighted by molar-refractivity contribution is 7.07. The summed E-state index contributed by atoms with van der Waals surface area (Å²) >= 11 is 1.53. The molecule has 1 amide bonds. The third-order valence-electron chi connectivity index (χ3n) is 2.85. The van der Waals surface area contributed by atoms with Crippen LogP contribution < -0.4 is 4.90 Å². The van der Waals surface area contributed by atoms with Crippen LogP contribution in [0, 0.1) is 5.82 Å². The number of fused-ring (bicyclic) bond motifs is 1. The smallest absolute Gasteiger partial charge is 0.299 e. The molecule has 1 aromatic heterocycles. The summed E-state index contributed by atoms with van der Waals surface area (Å²) < 4.78 is 13.1. The number of nitrogens with zero attached hydrogens (tertiary/aromatic N) is 1. The summed E-state index contributed by atoms with van der Waals surface area (Å²) in [7, 11) is 0. The van der Waals surface area contributed by atoms with Gasteiger partial charge in [-0.15, -0.1) is 0 Å². The van der Waals surface area contributed by atoms with Crippen molar-refractivity contribution in [3.8, 4) is 0 Å². The van der Waals surface area contributed by atoms with Crippen LogP contribution in [0.2, 0.25) is 0 Å². The Morgan fingerprint density at radius 3 is 2.78 bits per heavy atom. The van der Waals surface area contributed by atoms with Crippen LogP contribution in [0.25, 0.3) is 0 Å². The van der Waals surface area contributed by atoms with Crippen LogP contribution in [0.4, 0.5) is 10.1 Å². The highest BCUT2D eigenvalue weighted by Gasteiger charge is 2.35. The largest absolute Gasteiger partial charge is 0.300 e. The number of rotatable bonds is 2. The molecule has 5 heteroatoms. The lowest BCUT2D eigenvalue weighted by Gasteiger charge is -2.15. The van der Waals surface area contributed by atoms with Gasteiger partial charge in [0, 0.05) is 0 Å². The van der Waals surface area contributed by atoms with Crippen molar-refractivity contribution in [3.63, 3.8) is 0 Å². The first kappa shape index (κ1) is 11.1. The predicted molar refractivity (Wildman–Crippen MR) is 66.2 cm³/mol. The van der Waals surface area contributed by atoms with Crippen LogP contribution >= 0.6 is 11.3 Å². The van der Waals surface area contributed by atoms with Gasteiger partial charge < -0.3 is 4.90 Å². The third kappa shape index (κ3) is 1.64. The van der Waals surface area contributed by atoms with E-state index in [1.54, 1.807) is 0 Å². The number of carbonyl (C=O) groups excluding carboxylic acids is 2. The Labute approximate surface area is 106 Å². The molecule has 0 bridgehead atoms. The zero-order valence-electron chi connectivity index (χ0n) is 9.22. The van der Waals surface area contributed by atoms with E-state index in [1.165, 1.54) is 28.4 Å². The Bertz CT molecular complexity index is 636. The predicted octanol–water partition coefficient (Wildman–Crippen LogP) is 2.62. The van der Waals surface area contributed by atoms with Crippen LogP contribution in [-0.4, -0.2) is 11.7 Å². The lowest BCUT2D eigenvalue weighted by atomic mass is 10.1. The van der Waals surface area contributed by atoms with Crippen molar-refractivity contribution in [2.24, 2.45) is 0 Å². The molecule has 1 aromatic carbocycles. The number of halogens is 1. The SMILES string of the molecule is O=C1C(=O)N(Cc2ccsc2)c2ccc(F)cc21. The van der Waals surface area contributed by atoms with E-state index in [1.807, 2.05) is 16.8 Å². The molecule has 0 saturated heterocycles. The summed E-state index contributed by atoms with van der Waals surface area (Å²) in [5, 5.41) is 3.82. The topological polar surface area (TPSA) is 37.4 Å². The summed E-state index contributed by atoms with van der Waals surface area (Å²) in [5.74, 6) is -1.74. The molecule has 1 aliphatic rings. The van der Waals surface area contributed by atoms with Gasteiger partial charge in [0.1, 0.15) is 5.82 Å². The van der Waals surface area contributed by atoms with Crippen molar-refractivity contribution in [3.05, 3.63) is 52.0 Å². The van der Waals surface area contributed by atoms with Gasteiger partial charge >= 0.3 is 0 Å². The van der Waals surface area contributed by atoms with Gasteiger partial charge in [-0.25, -0.2) is 4.39 Å². The Kier molecular flexibility index (Phi) is 2.48. The number of hydrogen-bond acceptors (Lipinski definition) is 3. The molecule has 3 nitrogen and oxygen atoms in total. The van der Waals surface area contributed by atoms with Gasteiger partial charge in [0.25, 0.3) is 11.7 Å². The molecule has 2 heterocycles. The number of carbonyl (C=O) groups is 2. The van der Waals surface area contributed by atoms with E-state index >= 15 is 0 Å². The minimum Gasteiger partial charge on any atom is -0.300 e. The van der Waals surface area contributed by atoms with Crippen LogP contribution in [0.1, 0.15) is 15.9 Å². The molecule has 1 aliphatic heterocycles. The number of ketones is 1. The van der Waals surface area contributed by atoms with Crippen LogP contribution in [0.5, 0.6) is 0 Å². The van der Waals surface area contributed by atoms with Gasteiger partial charge in [0.15, 0.2) is 0 Å². The van der Waals surface area contributed by atoms with Crippen molar-refractivity contribution in [2.75, 3.05) is 4.90 Å².